The maximum absolute atomic E-state index is 5.19. The first-order valence-electron chi connectivity index (χ1n) is 3.41. The summed E-state index contributed by atoms with van der Waals surface area (Å²) in [4.78, 5) is 0. The molecule has 1 nitrogen and oxygen atoms in total. The molecule has 2 heteroatoms. The largest absolute Gasteiger partial charge is 0.469 e. The van der Waals surface area contributed by atoms with Gasteiger partial charge in [0.05, 0.1) is 6.26 Å². The first-order valence-corrected chi connectivity index (χ1v) is 4.29. The average Bonchev–Trinajstić information content (AvgIpc) is 2.60. The van der Waals surface area contributed by atoms with E-state index in [1.807, 2.05) is 17.5 Å². The molecule has 0 unspecified atom stereocenters. The topological polar surface area (TPSA) is 13.1 Å². The highest BCUT2D eigenvalue weighted by molar-refractivity contribution is 7.07. The van der Waals surface area contributed by atoms with Crippen LogP contribution in [0.15, 0.2) is 34.3 Å². The molecule has 1 radical (unpaired) electrons. The maximum atomic E-state index is 5.19. The molecular weight excluding hydrogens is 156 g/mol. The van der Waals surface area contributed by atoms with Crippen LogP contribution in [0.4, 0.5) is 0 Å². The molecule has 2 rings (SSSR count). The van der Waals surface area contributed by atoms with Crippen LogP contribution in [0.2, 0.25) is 0 Å². The van der Waals surface area contributed by atoms with E-state index >= 15 is 0 Å². The van der Waals surface area contributed by atoms with E-state index in [0.717, 1.165) is 12.2 Å². The Morgan fingerprint density at radius 1 is 1.45 bits per heavy atom. The van der Waals surface area contributed by atoms with Gasteiger partial charge in [-0.3, -0.25) is 0 Å². The minimum atomic E-state index is 0.858. The van der Waals surface area contributed by atoms with Gasteiger partial charge in [0.25, 0.3) is 0 Å². The molecule has 0 aliphatic heterocycles. The molecular formula is C9H7OS. The molecule has 0 saturated carbocycles. The molecule has 2 aromatic rings. The molecule has 0 atom stereocenters. The lowest BCUT2D eigenvalue weighted by Crippen LogP contribution is -1.79. The van der Waals surface area contributed by atoms with Crippen molar-refractivity contribution < 1.29 is 4.42 Å². The molecule has 55 valence electrons. The van der Waals surface area contributed by atoms with Gasteiger partial charge in [0.15, 0.2) is 0 Å². The molecule has 2 heterocycles. The zero-order chi connectivity index (χ0) is 7.52. The van der Waals surface area contributed by atoms with Crippen LogP contribution < -0.4 is 0 Å². The maximum Gasteiger partial charge on any atom is 0.108 e. The van der Waals surface area contributed by atoms with Gasteiger partial charge >= 0.3 is 0 Å². The monoisotopic (exact) mass is 163 g/mol. The van der Waals surface area contributed by atoms with Gasteiger partial charge in [-0.05, 0) is 29.1 Å². The Morgan fingerprint density at radius 2 is 2.45 bits per heavy atom. The van der Waals surface area contributed by atoms with Crippen LogP contribution in [0.3, 0.4) is 0 Å². The fourth-order valence-electron chi connectivity index (χ4n) is 0.956. The molecule has 0 fully saturated rings. The van der Waals surface area contributed by atoms with Gasteiger partial charge in [0, 0.05) is 11.8 Å². The lowest BCUT2D eigenvalue weighted by atomic mass is 10.2. The first-order chi connectivity index (χ1) is 5.45. The fourth-order valence-corrected chi connectivity index (χ4v) is 1.55. The summed E-state index contributed by atoms with van der Waals surface area (Å²) in [7, 11) is 0. The number of thiophene rings is 1. The van der Waals surface area contributed by atoms with Crippen molar-refractivity contribution in [3.05, 3.63) is 46.5 Å². The van der Waals surface area contributed by atoms with Gasteiger partial charge in [-0.25, -0.2) is 0 Å². The van der Waals surface area contributed by atoms with E-state index in [-0.39, 0.29) is 0 Å². The van der Waals surface area contributed by atoms with E-state index in [4.69, 9.17) is 4.42 Å². The van der Waals surface area contributed by atoms with Crippen LogP contribution >= 0.6 is 11.3 Å². The standard InChI is InChI=1S/C9H7OS/c1-2-9(10-4-1)6-8-3-5-11-7-8/h1-5H,6H2. The predicted molar refractivity (Wildman–Crippen MR) is 44.7 cm³/mol. The van der Waals surface area contributed by atoms with Crippen molar-refractivity contribution in [1.29, 1.82) is 0 Å². The van der Waals surface area contributed by atoms with Crippen LogP contribution in [-0.2, 0) is 6.42 Å². The van der Waals surface area contributed by atoms with Gasteiger partial charge in [0.2, 0.25) is 0 Å². The van der Waals surface area contributed by atoms with E-state index in [9.17, 15) is 0 Å². The van der Waals surface area contributed by atoms with Crippen LogP contribution in [0.25, 0.3) is 0 Å². The van der Waals surface area contributed by atoms with E-state index < -0.39 is 0 Å². The Labute approximate surface area is 69.3 Å². The summed E-state index contributed by atoms with van der Waals surface area (Å²) in [5, 5.41) is 5.18. The molecule has 0 N–H and O–H groups in total. The second kappa shape index (κ2) is 2.93. The summed E-state index contributed by atoms with van der Waals surface area (Å²) in [6.45, 7) is 0. The highest BCUT2D eigenvalue weighted by Crippen LogP contribution is 2.11. The van der Waals surface area contributed by atoms with Crippen LogP contribution in [0.1, 0.15) is 11.3 Å². The molecule has 0 spiro atoms. The Morgan fingerprint density at radius 3 is 3.09 bits per heavy atom. The minimum absolute atomic E-state index is 0.858. The Balaban J connectivity index is 2.14. The lowest BCUT2D eigenvalue weighted by Gasteiger charge is -1.89. The highest BCUT2D eigenvalue weighted by atomic mass is 32.1. The van der Waals surface area contributed by atoms with Crippen molar-refractivity contribution in [2.75, 3.05) is 0 Å². The molecule has 0 saturated heterocycles. The molecule has 2 aromatic heterocycles. The van der Waals surface area contributed by atoms with Gasteiger partial charge in [0.1, 0.15) is 5.76 Å². The molecule has 0 aliphatic carbocycles. The van der Waals surface area contributed by atoms with Crippen molar-refractivity contribution in [2.45, 2.75) is 6.42 Å². The average molecular weight is 163 g/mol. The van der Waals surface area contributed by atoms with Gasteiger partial charge in [-0.15, -0.1) is 11.3 Å². The van der Waals surface area contributed by atoms with E-state index in [0.29, 0.717) is 0 Å². The van der Waals surface area contributed by atoms with Gasteiger partial charge in [-0.1, -0.05) is 0 Å². The summed E-state index contributed by atoms with van der Waals surface area (Å²) in [5.41, 5.74) is 1.20. The third-order valence-corrected chi connectivity index (χ3v) is 2.12. The van der Waals surface area contributed by atoms with Crippen LogP contribution in [-0.4, -0.2) is 0 Å². The lowest BCUT2D eigenvalue weighted by molar-refractivity contribution is 0.521. The Bertz CT molecular complexity index is 262. The number of furan rings is 1. The Kier molecular flexibility index (Phi) is 1.78. The van der Waals surface area contributed by atoms with Gasteiger partial charge in [-0.2, -0.15) is 0 Å². The molecule has 0 bridgehead atoms. The number of hydrogen-bond donors (Lipinski definition) is 0. The van der Waals surface area contributed by atoms with Crippen LogP contribution in [0.5, 0.6) is 0 Å². The molecule has 0 amide bonds. The van der Waals surface area contributed by atoms with Crippen molar-refractivity contribution in [3.8, 4) is 0 Å². The summed E-state index contributed by atoms with van der Waals surface area (Å²) in [6, 6.07) is 5.94. The van der Waals surface area contributed by atoms with Crippen molar-refractivity contribution in [2.24, 2.45) is 0 Å². The second-order valence-corrected chi connectivity index (χ2v) is 3.02. The molecule has 0 aliphatic rings. The predicted octanol–water partition coefficient (Wildman–Crippen LogP) is 2.73. The van der Waals surface area contributed by atoms with Crippen LogP contribution in [0, 0.1) is 5.38 Å². The third-order valence-electron chi connectivity index (χ3n) is 1.47. The van der Waals surface area contributed by atoms with Crippen molar-refractivity contribution in [3.63, 3.8) is 0 Å². The van der Waals surface area contributed by atoms with E-state index in [1.165, 1.54) is 5.56 Å². The summed E-state index contributed by atoms with van der Waals surface area (Å²) >= 11 is 1.59. The summed E-state index contributed by atoms with van der Waals surface area (Å²) in [6.07, 6.45) is 2.55. The number of rotatable bonds is 2. The van der Waals surface area contributed by atoms with Crippen molar-refractivity contribution >= 4 is 11.3 Å². The first kappa shape index (κ1) is 6.68. The fraction of sp³-hybridized carbons (Fsp3) is 0.111. The van der Waals surface area contributed by atoms with Gasteiger partial charge < -0.3 is 4.42 Å². The SMILES string of the molecule is [c]1sccc1Cc1ccco1. The zero-order valence-electron chi connectivity index (χ0n) is 5.91. The molecule has 0 aromatic carbocycles. The smallest absolute Gasteiger partial charge is 0.108 e. The minimum Gasteiger partial charge on any atom is -0.469 e. The van der Waals surface area contributed by atoms with Crippen molar-refractivity contribution in [1.82, 2.24) is 0 Å². The summed E-state index contributed by atoms with van der Waals surface area (Å²) in [5.74, 6) is 1.000. The molecule has 11 heavy (non-hydrogen) atoms. The van der Waals surface area contributed by atoms with E-state index in [2.05, 4.69) is 11.4 Å². The van der Waals surface area contributed by atoms with E-state index in [1.54, 1.807) is 17.6 Å². The normalized spacial score (nSPS) is 10.2. The second-order valence-electron chi connectivity index (χ2n) is 2.30. The highest BCUT2D eigenvalue weighted by Gasteiger charge is 1.97. The summed E-state index contributed by atoms with van der Waals surface area (Å²) < 4.78 is 5.19. The zero-order valence-corrected chi connectivity index (χ0v) is 6.73. The quantitative estimate of drug-likeness (QED) is 0.663. The third kappa shape index (κ3) is 1.52. The Hall–Kier alpha value is -1.02. The number of hydrogen-bond acceptors (Lipinski definition) is 2.